The van der Waals surface area contributed by atoms with Gasteiger partial charge in [0.15, 0.2) is 30.0 Å². The van der Waals surface area contributed by atoms with Crippen molar-refractivity contribution in [1.29, 1.82) is 0 Å². The van der Waals surface area contributed by atoms with Crippen LogP contribution >= 0.6 is 7.60 Å². The molecule has 0 radical (unpaired) electrons. The van der Waals surface area contributed by atoms with Gasteiger partial charge >= 0.3 is 7.60 Å². The summed E-state index contributed by atoms with van der Waals surface area (Å²) in [4.78, 5) is 39.8. The predicted octanol–water partition coefficient (Wildman–Crippen LogP) is -1.92. The summed E-state index contributed by atoms with van der Waals surface area (Å²) in [6, 6.07) is 0. The number of imidazole rings is 1. The molecule has 1 unspecified atom stereocenters. The number of aliphatic hydroxyl groups excluding tert-OH is 1. The molecule has 0 aliphatic carbocycles. The fourth-order valence-corrected chi connectivity index (χ4v) is 2.88. The van der Waals surface area contributed by atoms with E-state index in [4.69, 9.17) is 29.7 Å². The predicted molar refractivity (Wildman–Crippen MR) is 81.3 cm³/mol. The molecule has 13 nitrogen and oxygen atoms in total. The van der Waals surface area contributed by atoms with Crippen LogP contribution in [-0.2, 0) is 18.8 Å². The van der Waals surface area contributed by atoms with Crippen LogP contribution in [0.15, 0.2) is 11.1 Å². The van der Waals surface area contributed by atoms with Crippen LogP contribution in [-0.4, -0.2) is 66.4 Å². The zero-order valence-corrected chi connectivity index (χ0v) is 13.7. The number of ether oxygens (including phenoxy) is 3. The van der Waals surface area contributed by atoms with E-state index in [2.05, 4.69) is 15.0 Å². The quantitative estimate of drug-likeness (QED) is 0.364. The number of rotatable bonds is 5. The second-order valence-electron chi connectivity index (χ2n) is 5.32. The topological polar surface area (TPSA) is 195 Å². The summed E-state index contributed by atoms with van der Waals surface area (Å²) >= 11 is 0. The Kier molecular flexibility index (Phi) is 4.64. The van der Waals surface area contributed by atoms with Crippen molar-refractivity contribution in [1.82, 2.24) is 19.5 Å². The number of hydrogen-bond donors (Lipinski definition) is 5. The second kappa shape index (κ2) is 6.46. The third-order valence-corrected chi connectivity index (χ3v) is 4.06. The fraction of sp³-hybridized carbons (Fsp3) is 0.545. The first kappa shape index (κ1) is 17.9. The Bertz CT molecular complexity index is 877. The maximum Gasteiger partial charge on any atom is 0.351 e. The first-order valence-electron chi connectivity index (χ1n) is 6.96. The highest BCUT2D eigenvalue weighted by atomic mass is 31.2. The van der Waals surface area contributed by atoms with Crippen LogP contribution in [0.25, 0.3) is 11.2 Å². The van der Waals surface area contributed by atoms with Gasteiger partial charge in [0.25, 0.3) is 5.56 Å². The monoisotopic (exact) mass is 377 g/mol. The minimum atomic E-state index is -4.45. The van der Waals surface area contributed by atoms with Gasteiger partial charge < -0.3 is 34.8 Å². The van der Waals surface area contributed by atoms with Gasteiger partial charge in [0, 0.05) is 7.11 Å². The van der Waals surface area contributed by atoms with E-state index in [1.807, 2.05) is 0 Å². The van der Waals surface area contributed by atoms with Gasteiger partial charge in [-0.1, -0.05) is 0 Å². The molecular weight excluding hydrogens is 361 g/mol. The number of nitrogens with one attached hydrogen (secondary N) is 1. The fourth-order valence-electron chi connectivity index (χ4n) is 2.54. The van der Waals surface area contributed by atoms with Crippen molar-refractivity contribution in [3.8, 4) is 0 Å². The third-order valence-electron chi connectivity index (χ3n) is 3.57. The van der Waals surface area contributed by atoms with Crippen molar-refractivity contribution in [2.75, 3.05) is 19.2 Å². The molecule has 4 atom stereocenters. The average molecular weight is 377 g/mol. The minimum Gasteiger partial charge on any atom is -0.385 e. The molecule has 138 valence electrons. The molecule has 0 aromatic carbocycles. The number of nitrogens with zero attached hydrogens (tertiary/aromatic N) is 3. The van der Waals surface area contributed by atoms with Crippen LogP contribution in [0.4, 0.5) is 5.95 Å². The number of fused-ring (bicyclic) bond motifs is 1. The summed E-state index contributed by atoms with van der Waals surface area (Å²) in [6.07, 6.45) is -4.38. The van der Waals surface area contributed by atoms with E-state index in [1.54, 1.807) is 0 Å². The zero-order valence-electron chi connectivity index (χ0n) is 12.8. The highest BCUT2D eigenvalue weighted by molar-refractivity contribution is 7.51. The molecule has 0 bridgehead atoms. The van der Waals surface area contributed by atoms with Gasteiger partial charge in [0.2, 0.25) is 5.95 Å². The van der Waals surface area contributed by atoms with Gasteiger partial charge in [-0.05, 0) is 0 Å². The van der Waals surface area contributed by atoms with Gasteiger partial charge in [-0.15, -0.1) is 0 Å². The lowest BCUT2D eigenvalue weighted by molar-refractivity contribution is -0.167. The summed E-state index contributed by atoms with van der Waals surface area (Å²) in [5.74, 6) is -0.138. The molecule has 6 N–H and O–H groups in total. The minimum absolute atomic E-state index is 0.00160. The van der Waals surface area contributed by atoms with Crippen molar-refractivity contribution in [2.24, 2.45) is 0 Å². The van der Waals surface area contributed by atoms with Crippen molar-refractivity contribution < 1.29 is 33.7 Å². The lowest BCUT2D eigenvalue weighted by atomic mass is 10.2. The number of nitrogens with two attached hydrogens (primary N) is 1. The normalized spacial score (nSPS) is 27.2. The summed E-state index contributed by atoms with van der Waals surface area (Å²) in [5, 5.41) is 10.2. The first-order chi connectivity index (χ1) is 11.7. The molecule has 2 aromatic rings. The Morgan fingerprint density at radius 2 is 2.24 bits per heavy atom. The van der Waals surface area contributed by atoms with E-state index in [-0.39, 0.29) is 17.1 Å². The van der Waals surface area contributed by atoms with Crippen LogP contribution in [0.1, 0.15) is 6.23 Å². The van der Waals surface area contributed by atoms with E-state index in [9.17, 15) is 14.5 Å². The van der Waals surface area contributed by atoms with Gasteiger partial charge in [0.05, 0.1) is 6.33 Å². The number of anilines is 1. The van der Waals surface area contributed by atoms with Crippen molar-refractivity contribution in [3.63, 3.8) is 0 Å². The van der Waals surface area contributed by atoms with Crippen LogP contribution in [0, 0.1) is 0 Å². The van der Waals surface area contributed by atoms with Gasteiger partial charge in [-0.25, -0.2) is 4.98 Å². The van der Waals surface area contributed by atoms with Gasteiger partial charge in [-0.3, -0.25) is 18.9 Å². The second-order valence-corrected chi connectivity index (χ2v) is 6.91. The zero-order chi connectivity index (χ0) is 18.4. The van der Waals surface area contributed by atoms with Crippen molar-refractivity contribution in [2.45, 2.75) is 24.7 Å². The van der Waals surface area contributed by atoms with Crippen LogP contribution < -0.4 is 11.3 Å². The molecule has 1 fully saturated rings. The number of H-pyrrole nitrogens is 1. The SMILES string of the molecule is CO[C@@H]1C(O)[C@@H](OCP(=O)(O)O)O[C@H]1n1cnc2c(=O)[nH]c(N)nc21. The molecule has 1 aliphatic rings. The summed E-state index contributed by atoms with van der Waals surface area (Å²) in [7, 11) is -3.14. The van der Waals surface area contributed by atoms with Crippen LogP contribution in [0.3, 0.4) is 0 Å². The molecule has 3 heterocycles. The highest BCUT2D eigenvalue weighted by Gasteiger charge is 2.47. The standard InChI is InChI=1S/C11H16N5O8P/c1-22-6-5(17)10(23-3-25(19,20)21)24-9(6)16-2-13-4-7(16)14-11(12)15-8(4)18/h2,5-6,9-10,17H,3H2,1H3,(H2,19,20,21)(H3,12,14,15,18)/t5?,6-,9-,10+/m1/s1. The van der Waals surface area contributed by atoms with Crippen molar-refractivity contribution in [3.05, 3.63) is 16.7 Å². The summed E-state index contributed by atoms with van der Waals surface area (Å²) in [6.45, 7) is 0. The molecule has 0 saturated carbocycles. The molecule has 0 amide bonds. The largest absolute Gasteiger partial charge is 0.385 e. The van der Waals surface area contributed by atoms with Crippen LogP contribution in [0.2, 0.25) is 0 Å². The molecule has 25 heavy (non-hydrogen) atoms. The third kappa shape index (κ3) is 3.43. The maximum atomic E-state index is 11.8. The molecule has 0 spiro atoms. The average Bonchev–Trinajstić information content (AvgIpc) is 3.05. The molecule has 1 saturated heterocycles. The maximum absolute atomic E-state index is 11.8. The Hall–Kier alpha value is -1.86. The molecule has 3 rings (SSSR count). The number of hydrogen-bond acceptors (Lipinski definition) is 9. The number of aromatic amines is 1. The summed E-state index contributed by atoms with van der Waals surface area (Å²) in [5.41, 5.74) is 5.07. The Balaban J connectivity index is 1.94. The first-order valence-corrected chi connectivity index (χ1v) is 8.76. The van der Waals surface area contributed by atoms with E-state index < -0.39 is 44.2 Å². The van der Waals surface area contributed by atoms with Crippen LogP contribution in [0.5, 0.6) is 0 Å². The summed E-state index contributed by atoms with van der Waals surface area (Å²) < 4.78 is 27.9. The van der Waals surface area contributed by atoms with E-state index >= 15 is 0 Å². The lowest BCUT2D eigenvalue weighted by Gasteiger charge is -2.19. The number of aromatic nitrogens is 4. The number of methoxy groups -OCH3 is 1. The van der Waals surface area contributed by atoms with E-state index in [1.165, 1.54) is 18.0 Å². The van der Waals surface area contributed by atoms with Crippen molar-refractivity contribution >= 4 is 24.7 Å². The molecule has 2 aromatic heterocycles. The van der Waals surface area contributed by atoms with E-state index in [0.29, 0.717) is 0 Å². The highest BCUT2D eigenvalue weighted by Crippen LogP contribution is 2.38. The smallest absolute Gasteiger partial charge is 0.351 e. The number of nitrogen functional groups attached to an aromatic ring is 1. The molecule has 14 heteroatoms. The lowest BCUT2D eigenvalue weighted by Crippen LogP contribution is -2.34. The molecule has 1 aliphatic heterocycles. The Labute approximate surface area is 139 Å². The number of aliphatic hydroxyl groups is 1. The Morgan fingerprint density at radius 1 is 1.52 bits per heavy atom. The van der Waals surface area contributed by atoms with Gasteiger partial charge in [0.1, 0.15) is 12.2 Å². The van der Waals surface area contributed by atoms with E-state index in [0.717, 1.165) is 0 Å². The Morgan fingerprint density at radius 3 is 2.88 bits per heavy atom. The molecular formula is C11H16N5O8P. The van der Waals surface area contributed by atoms with Gasteiger partial charge in [-0.2, -0.15) is 4.98 Å².